The van der Waals surface area contributed by atoms with Gasteiger partial charge < -0.3 is 10.2 Å². The number of amides is 1. The van der Waals surface area contributed by atoms with E-state index in [0.717, 1.165) is 37.1 Å². The van der Waals surface area contributed by atoms with Crippen LogP contribution in [-0.2, 0) is 6.54 Å². The topological polar surface area (TPSA) is 69.0 Å². The summed E-state index contributed by atoms with van der Waals surface area (Å²) >= 11 is 6.00. The molecule has 1 aromatic heterocycles. The van der Waals surface area contributed by atoms with E-state index in [0.29, 0.717) is 29.2 Å². The van der Waals surface area contributed by atoms with Crippen molar-refractivity contribution in [3.8, 4) is 6.07 Å². The Hall–Kier alpha value is -2.58. The van der Waals surface area contributed by atoms with Crippen LogP contribution in [0.2, 0.25) is 5.02 Å². The van der Waals surface area contributed by atoms with Gasteiger partial charge in [0.05, 0.1) is 5.02 Å². The summed E-state index contributed by atoms with van der Waals surface area (Å²) in [5, 5.41) is 12.5. The zero-order valence-electron chi connectivity index (χ0n) is 14.3. The molecular weight excluding hydrogens is 348 g/mol. The Labute approximate surface area is 157 Å². The lowest BCUT2D eigenvalue weighted by molar-refractivity contribution is 0.0951. The monoisotopic (exact) mass is 366 g/mol. The number of nitrogens with one attached hydrogen (secondary N) is 1. The number of halogens is 1. The first-order chi connectivity index (χ1) is 12.6. The Morgan fingerprint density at radius 1 is 1.19 bits per heavy atom. The fourth-order valence-corrected chi connectivity index (χ4v) is 3.06. The lowest BCUT2D eigenvalue weighted by Gasteiger charge is -2.24. The van der Waals surface area contributed by atoms with Gasteiger partial charge in [0, 0.05) is 24.2 Å². The van der Waals surface area contributed by atoms with Crippen LogP contribution in [0.15, 0.2) is 36.4 Å². The van der Waals surface area contributed by atoms with Crippen molar-refractivity contribution in [1.29, 1.82) is 5.26 Å². The second kappa shape index (κ2) is 6.97. The summed E-state index contributed by atoms with van der Waals surface area (Å²) in [4.78, 5) is 18.7. The molecule has 1 heterocycles. The van der Waals surface area contributed by atoms with Crippen LogP contribution in [-0.4, -0.2) is 23.0 Å². The number of nitriles is 1. The van der Waals surface area contributed by atoms with Crippen LogP contribution in [0.3, 0.4) is 0 Å². The number of pyridine rings is 1. The molecule has 0 radical (unpaired) electrons. The summed E-state index contributed by atoms with van der Waals surface area (Å²) in [7, 11) is 0. The molecule has 1 amide bonds. The van der Waals surface area contributed by atoms with Gasteiger partial charge in [0.25, 0.3) is 5.91 Å². The number of hydrogen-bond donors (Lipinski definition) is 1. The fourth-order valence-electron chi connectivity index (χ4n) is 2.91. The Bertz CT molecular complexity index is 866. The van der Waals surface area contributed by atoms with Crippen LogP contribution in [0, 0.1) is 11.3 Å². The van der Waals surface area contributed by atoms with Gasteiger partial charge in [-0.05, 0) is 55.5 Å². The van der Waals surface area contributed by atoms with Crippen molar-refractivity contribution in [2.24, 2.45) is 0 Å². The van der Waals surface area contributed by atoms with Crippen LogP contribution < -0.4 is 10.2 Å². The minimum Gasteiger partial charge on any atom is -0.349 e. The van der Waals surface area contributed by atoms with Crippen LogP contribution in [0.5, 0.6) is 0 Å². The molecule has 2 aliphatic rings. The first-order valence-corrected chi connectivity index (χ1v) is 9.25. The second-order valence-electron chi connectivity index (χ2n) is 6.92. The van der Waals surface area contributed by atoms with E-state index in [-0.39, 0.29) is 11.6 Å². The van der Waals surface area contributed by atoms with Crippen molar-refractivity contribution in [2.75, 3.05) is 4.90 Å². The highest BCUT2D eigenvalue weighted by molar-refractivity contribution is 6.31. The number of carbonyl (C=O) groups is 1. The van der Waals surface area contributed by atoms with Gasteiger partial charge in [0.1, 0.15) is 11.9 Å². The molecule has 0 spiro atoms. The van der Waals surface area contributed by atoms with E-state index >= 15 is 0 Å². The Balaban J connectivity index is 1.50. The lowest BCUT2D eigenvalue weighted by atomic mass is 10.1. The van der Waals surface area contributed by atoms with Crippen molar-refractivity contribution in [1.82, 2.24) is 10.3 Å². The first-order valence-electron chi connectivity index (χ1n) is 8.87. The number of rotatable bonds is 6. The Morgan fingerprint density at radius 2 is 1.92 bits per heavy atom. The van der Waals surface area contributed by atoms with Crippen LogP contribution >= 0.6 is 11.6 Å². The van der Waals surface area contributed by atoms with E-state index in [1.54, 1.807) is 6.07 Å². The average molecular weight is 367 g/mol. The number of hydrogen-bond acceptors (Lipinski definition) is 4. The predicted molar refractivity (Wildman–Crippen MR) is 100 cm³/mol. The largest absolute Gasteiger partial charge is 0.349 e. The van der Waals surface area contributed by atoms with Crippen molar-refractivity contribution >= 4 is 23.3 Å². The van der Waals surface area contributed by atoms with Gasteiger partial charge in [0.2, 0.25) is 0 Å². The first kappa shape index (κ1) is 16.9. The lowest BCUT2D eigenvalue weighted by Crippen LogP contribution is -2.27. The van der Waals surface area contributed by atoms with Crippen molar-refractivity contribution in [3.63, 3.8) is 0 Å². The second-order valence-corrected chi connectivity index (χ2v) is 7.32. The molecule has 26 heavy (non-hydrogen) atoms. The molecule has 132 valence electrons. The number of nitrogens with zero attached hydrogens (tertiary/aromatic N) is 3. The molecule has 0 unspecified atom stereocenters. The van der Waals surface area contributed by atoms with E-state index < -0.39 is 0 Å². The molecule has 2 aromatic rings. The van der Waals surface area contributed by atoms with Gasteiger partial charge in [0.15, 0.2) is 5.69 Å². The number of aromatic nitrogens is 1. The van der Waals surface area contributed by atoms with Crippen molar-refractivity contribution < 1.29 is 4.79 Å². The highest BCUT2D eigenvalue weighted by Gasteiger charge is 2.30. The highest BCUT2D eigenvalue weighted by atomic mass is 35.5. The van der Waals surface area contributed by atoms with Gasteiger partial charge in [-0.3, -0.25) is 4.79 Å². The van der Waals surface area contributed by atoms with E-state index in [2.05, 4.69) is 15.2 Å². The molecule has 2 saturated carbocycles. The molecule has 1 N–H and O–H groups in total. The maximum atomic E-state index is 12.1. The molecule has 0 aliphatic heterocycles. The van der Waals surface area contributed by atoms with Gasteiger partial charge in [-0.25, -0.2) is 4.98 Å². The molecule has 2 aliphatic carbocycles. The Kier molecular flexibility index (Phi) is 4.52. The van der Waals surface area contributed by atoms with Gasteiger partial charge in [-0.1, -0.05) is 23.7 Å². The smallest absolute Gasteiger partial charge is 0.251 e. The number of anilines is 1. The maximum absolute atomic E-state index is 12.1. The highest BCUT2D eigenvalue weighted by Crippen LogP contribution is 2.33. The van der Waals surface area contributed by atoms with Crippen LogP contribution in [0.25, 0.3) is 0 Å². The van der Waals surface area contributed by atoms with Gasteiger partial charge in [-0.2, -0.15) is 5.26 Å². The van der Waals surface area contributed by atoms with Crippen molar-refractivity contribution in [3.05, 3.63) is 58.2 Å². The standard InChI is InChI=1S/C20H19ClN4O/c21-17-9-10-19(24-18(17)11-22)25(16-7-8-16)12-13-1-3-14(4-2-13)20(26)23-15-5-6-15/h1-4,9-10,15-16H,5-8,12H2,(H,23,26). The third-order valence-corrected chi connectivity index (χ3v) is 5.01. The molecule has 0 atom stereocenters. The van der Waals surface area contributed by atoms with E-state index in [4.69, 9.17) is 16.9 Å². The fraction of sp³-hybridized carbons (Fsp3) is 0.350. The van der Waals surface area contributed by atoms with E-state index in [1.165, 1.54) is 0 Å². The maximum Gasteiger partial charge on any atom is 0.251 e. The summed E-state index contributed by atoms with van der Waals surface area (Å²) in [6.45, 7) is 0.689. The summed E-state index contributed by atoms with van der Waals surface area (Å²) < 4.78 is 0. The summed E-state index contributed by atoms with van der Waals surface area (Å²) in [6.07, 6.45) is 4.40. The SMILES string of the molecule is N#Cc1nc(N(Cc2ccc(C(=O)NC3CC3)cc2)C2CC2)ccc1Cl. The molecule has 1 aromatic carbocycles. The molecule has 0 saturated heterocycles. The average Bonchev–Trinajstić information content (AvgIpc) is 3.55. The number of benzene rings is 1. The quantitative estimate of drug-likeness (QED) is 0.846. The van der Waals surface area contributed by atoms with E-state index in [1.807, 2.05) is 36.4 Å². The minimum absolute atomic E-state index is 0.00358. The van der Waals surface area contributed by atoms with E-state index in [9.17, 15) is 4.79 Å². The predicted octanol–water partition coefficient (Wildman–Crippen LogP) is 3.67. The zero-order chi connectivity index (χ0) is 18.1. The molecule has 6 heteroatoms. The normalized spacial score (nSPS) is 16.0. The minimum atomic E-state index is -0.00358. The molecular formula is C20H19ClN4O. The van der Waals surface area contributed by atoms with Crippen LogP contribution in [0.1, 0.15) is 47.3 Å². The molecule has 4 rings (SSSR count). The molecule has 0 bridgehead atoms. The van der Waals surface area contributed by atoms with Crippen LogP contribution in [0.4, 0.5) is 5.82 Å². The zero-order valence-corrected chi connectivity index (χ0v) is 15.0. The third-order valence-electron chi connectivity index (χ3n) is 4.70. The molecule has 2 fully saturated rings. The summed E-state index contributed by atoms with van der Waals surface area (Å²) in [5.74, 6) is 0.764. The van der Waals surface area contributed by atoms with Crippen molar-refractivity contribution in [2.45, 2.75) is 44.3 Å². The summed E-state index contributed by atoms with van der Waals surface area (Å²) in [5.41, 5.74) is 2.05. The Morgan fingerprint density at radius 3 is 2.54 bits per heavy atom. The van der Waals surface area contributed by atoms with Gasteiger partial charge in [-0.15, -0.1) is 0 Å². The van der Waals surface area contributed by atoms with Gasteiger partial charge >= 0.3 is 0 Å². The molecule has 5 nitrogen and oxygen atoms in total. The summed E-state index contributed by atoms with van der Waals surface area (Å²) in [6, 6.07) is 14.1. The third kappa shape index (κ3) is 3.81. The number of carbonyl (C=O) groups excluding carboxylic acids is 1.